The zero-order valence-electron chi connectivity index (χ0n) is 10.4. The number of allylic oxidation sites excluding steroid dienone is 2. The zero-order valence-corrected chi connectivity index (χ0v) is 11.2. The Morgan fingerprint density at radius 1 is 1.35 bits per heavy atom. The van der Waals surface area contributed by atoms with Gasteiger partial charge in [0.05, 0.1) is 5.88 Å². The van der Waals surface area contributed by atoms with Gasteiger partial charge in [-0.05, 0) is 25.1 Å². The number of hydrogen-bond acceptors (Lipinski definition) is 2. The fourth-order valence-electron chi connectivity index (χ4n) is 1.24. The van der Waals surface area contributed by atoms with Gasteiger partial charge in [0, 0.05) is 11.3 Å². The molecule has 0 N–H and O–H groups in total. The van der Waals surface area contributed by atoms with E-state index in [2.05, 4.69) is 4.99 Å². The Bertz CT molecular complexity index is 524. The quantitative estimate of drug-likeness (QED) is 0.614. The van der Waals surface area contributed by atoms with Gasteiger partial charge in [0.15, 0.2) is 0 Å². The first-order chi connectivity index (χ1) is 9.32. The van der Waals surface area contributed by atoms with Gasteiger partial charge < -0.3 is 4.74 Å². The molecule has 1 aromatic carbocycles. The summed E-state index contributed by atoms with van der Waals surface area (Å²) in [5, 5.41) is 0. The van der Waals surface area contributed by atoms with Gasteiger partial charge in [-0.1, -0.05) is 18.2 Å². The van der Waals surface area contributed by atoms with Gasteiger partial charge in [0.2, 0.25) is 0 Å². The molecule has 0 heterocycles. The van der Waals surface area contributed by atoms with Crippen LogP contribution in [0.4, 0.5) is 18.0 Å². The van der Waals surface area contributed by atoms with Gasteiger partial charge in [0.1, 0.15) is 5.75 Å². The topological polar surface area (TPSA) is 38.7 Å². The lowest BCUT2D eigenvalue weighted by atomic mass is 10.2. The first kappa shape index (κ1) is 16.2. The normalized spacial score (nSPS) is 13.2. The highest BCUT2D eigenvalue weighted by molar-refractivity contribution is 6.20. The molecule has 0 aliphatic carbocycles. The summed E-state index contributed by atoms with van der Waals surface area (Å²) in [6, 6.07) is 8.07. The molecule has 1 amide bonds. The smallest absolute Gasteiger partial charge is 0.409 e. The molecular weight excluding hydrogens is 295 g/mol. The van der Waals surface area contributed by atoms with Gasteiger partial charge in [0.25, 0.3) is 0 Å². The van der Waals surface area contributed by atoms with Crippen molar-refractivity contribution in [3.8, 4) is 5.75 Å². The van der Waals surface area contributed by atoms with E-state index in [0.29, 0.717) is 6.08 Å². The van der Waals surface area contributed by atoms with Crippen LogP contribution in [0.1, 0.15) is 6.92 Å². The maximum atomic E-state index is 12.4. The van der Waals surface area contributed by atoms with Crippen molar-refractivity contribution in [2.45, 2.75) is 13.1 Å². The largest absolute Gasteiger partial charge is 0.439 e. The number of amides is 1. The number of rotatable bonds is 3. The van der Waals surface area contributed by atoms with Crippen molar-refractivity contribution in [2.24, 2.45) is 4.99 Å². The van der Waals surface area contributed by atoms with E-state index in [1.165, 1.54) is 19.1 Å². The molecule has 0 bridgehead atoms. The molecule has 0 aliphatic heterocycles. The van der Waals surface area contributed by atoms with E-state index in [1.807, 2.05) is 0 Å². The fourth-order valence-corrected chi connectivity index (χ4v) is 1.47. The lowest BCUT2D eigenvalue weighted by molar-refractivity contribution is -0.0908. The molecule has 108 valence electrons. The van der Waals surface area contributed by atoms with E-state index >= 15 is 0 Å². The van der Waals surface area contributed by atoms with E-state index in [1.54, 1.807) is 18.2 Å². The highest BCUT2D eigenvalue weighted by Crippen LogP contribution is 2.26. The third kappa shape index (κ3) is 5.44. The fraction of sp³-hybridized carbons (Fsp3) is 0.231. The van der Waals surface area contributed by atoms with Crippen LogP contribution < -0.4 is 4.74 Å². The Kier molecular flexibility index (Phi) is 5.76. The predicted molar refractivity (Wildman–Crippen MR) is 70.4 cm³/mol. The summed E-state index contributed by atoms with van der Waals surface area (Å²) in [6.07, 6.45) is -4.85. The third-order valence-corrected chi connectivity index (χ3v) is 2.40. The molecule has 0 atom stereocenters. The minimum atomic E-state index is -4.55. The molecule has 0 radical (unpaired) electrons. The monoisotopic (exact) mass is 305 g/mol. The first-order valence-electron chi connectivity index (χ1n) is 5.49. The lowest BCUT2D eigenvalue weighted by Crippen LogP contribution is -2.15. The van der Waals surface area contributed by atoms with Crippen LogP contribution in [-0.2, 0) is 0 Å². The molecule has 1 rings (SSSR count). The van der Waals surface area contributed by atoms with Crippen LogP contribution >= 0.6 is 11.6 Å². The molecule has 7 heteroatoms. The predicted octanol–water partition coefficient (Wildman–Crippen LogP) is 4.37. The Balaban J connectivity index is 2.78. The Morgan fingerprint density at radius 3 is 2.45 bits per heavy atom. The van der Waals surface area contributed by atoms with Crippen molar-refractivity contribution < 1.29 is 22.7 Å². The summed E-state index contributed by atoms with van der Waals surface area (Å²) in [5.74, 6) is -0.462. The van der Waals surface area contributed by atoms with Gasteiger partial charge in [-0.2, -0.15) is 18.2 Å². The Morgan fingerprint density at radius 2 is 1.95 bits per heavy atom. The molecule has 20 heavy (non-hydrogen) atoms. The van der Waals surface area contributed by atoms with E-state index in [4.69, 9.17) is 16.3 Å². The van der Waals surface area contributed by atoms with E-state index < -0.39 is 23.7 Å². The average molecular weight is 306 g/mol. The molecule has 0 aromatic heterocycles. The Labute approximate surface area is 118 Å². The van der Waals surface area contributed by atoms with Crippen LogP contribution in [0.2, 0.25) is 0 Å². The summed E-state index contributed by atoms with van der Waals surface area (Å²) in [6.45, 7) is 1.25. The molecular formula is C13H11ClF3NO2. The van der Waals surface area contributed by atoms with Crippen molar-refractivity contribution in [1.29, 1.82) is 0 Å². The number of benzene rings is 1. The first-order valence-corrected chi connectivity index (χ1v) is 6.02. The average Bonchev–Trinajstić information content (AvgIpc) is 2.35. The summed E-state index contributed by atoms with van der Waals surface area (Å²) in [5.41, 5.74) is -1.12. The second-order valence-corrected chi connectivity index (χ2v) is 4.00. The zero-order chi connectivity index (χ0) is 15.2. The van der Waals surface area contributed by atoms with Crippen LogP contribution in [0.15, 0.2) is 47.0 Å². The lowest BCUT2D eigenvalue weighted by Gasteiger charge is -2.08. The van der Waals surface area contributed by atoms with Crippen molar-refractivity contribution >= 4 is 23.4 Å². The number of alkyl halides is 4. The number of carbonyl (C=O) groups excluding carboxylic acids is 1. The molecule has 1 aromatic rings. The maximum Gasteiger partial charge on any atom is 0.439 e. The van der Waals surface area contributed by atoms with E-state index in [9.17, 15) is 18.0 Å². The maximum absolute atomic E-state index is 12.4. The second kappa shape index (κ2) is 7.09. The van der Waals surface area contributed by atoms with E-state index in [-0.39, 0.29) is 11.5 Å². The van der Waals surface area contributed by atoms with Crippen molar-refractivity contribution in [1.82, 2.24) is 0 Å². The van der Waals surface area contributed by atoms with Gasteiger partial charge >= 0.3 is 12.3 Å². The molecule has 0 fully saturated rings. The number of carbonyl (C=O) groups is 1. The van der Waals surface area contributed by atoms with Gasteiger partial charge in [-0.3, -0.25) is 0 Å². The number of aliphatic imine (C=N–C) groups is 1. The van der Waals surface area contributed by atoms with Crippen LogP contribution in [0, 0.1) is 0 Å². The SMILES string of the molecule is CC(/C=C(\CCl)C(F)(F)F)=NC(=O)Oc1ccccc1. The number of halogens is 4. The minimum Gasteiger partial charge on any atom is -0.409 e. The van der Waals surface area contributed by atoms with Crippen LogP contribution in [-0.4, -0.2) is 23.9 Å². The van der Waals surface area contributed by atoms with Crippen molar-refractivity contribution in [3.05, 3.63) is 42.0 Å². The van der Waals surface area contributed by atoms with Gasteiger partial charge in [-0.15, -0.1) is 11.6 Å². The molecule has 0 saturated heterocycles. The number of hydrogen-bond donors (Lipinski definition) is 0. The number of ether oxygens (including phenoxy) is 1. The minimum absolute atomic E-state index is 0.140. The summed E-state index contributed by atoms with van der Waals surface area (Å²) < 4.78 is 42.1. The van der Waals surface area contributed by atoms with Crippen LogP contribution in [0.3, 0.4) is 0 Å². The van der Waals surface area contributed by atoms with Crippen molar-refractivity contribution in [3.63, 3.8) is 0 Å². The highest BCUT2D eigenvalue weighted by atomic mass is 35.5. The highest BCUT2D eigenvalue weighted by Gasteiger charge is 2.32. The van der Waals surface area contributed by atoms with Crippen LogP contribution in [0.25, 0.3) is 0 Å². The number of nitrogens with zero attached hydrogens (tertiary/aromatic N) is 1. The van der Waals surface area contributed by atoms with Crippen LogP contribution in [0.5, 0.6) is 5.75 Å². The Hall–Kier alpha value is -1.82. The van der Waals surface area contributed by atoms with Crippen molar-refractivity contribution in [2.75, 3.05) is 5.88 Å². The van der Waals surface area contributed by atoms with E-state index in [0.717, 1.165) is 0 Å². The second-order valence-electron chi connectivity index (χ2n) is 3.74. The van der Waals surface area contributed by atoms with Gasteiger partial charge in [-0.25, -0.2) is 4.79 Å². The molecule has 0 unspecified atom stereocenters. The molecule has 0 spiro atoms. The molecule has 0 saturated carbocycles. The summed E-state index contributed by atoms with van der Waals surface area (Å²) >= 11 is 5.20. The summed E-state index contributed by atoms with van der Waals surface area (Å²) in [4.78, 5) is 14.8. The molecule has 3 nitrogen and oxygen atoms in total. The standard InChI is InChI=1S/C13H11ClF3NO2/c1-9(7-10(8-14)13(15,16)17)18-12(19)20-11-5-3-2-4-6-11/h2-7H,8H2,1H3/b10-7+,18-9?. The summed E-state index contributed by atoms with van der Waals surface area (Å²) in [7, 11) is 0. The number of para-hydroxylation sites is 1. The third-order valence-electron chi connectivity index (χ3n) is 2.11. The molecule has 0 aliphatic rings.